The number of para-hydroxylation sites is 1. The van der Waals surface area contributed by atoms with Gasteiger partial charge in [0.15, 0.2) is 5.76 Å². The number of nitrogens with one attached hydrogen (secondary N) is 1. The first kappa shape index (κ1) is 12.6. The van der Waals surface area contributed by atoms with Gasteiger partial charge in [-0.05, 0) is 23.5 Å². The van der Waals surface area contributed by atoms with Gasteiger partial charge in [-0.15, -0.1) is 5.10 Å². The van der Waals surface area contributed by atoms with E-state index in [1.165, 1.54) is 11.8 Å². The fourth-order valence-electron chi connectivity index (χ4n) is 1.82. The topological polar surface area (TPSA) is 81.1 Å². The number of methoxy groups -OCH3 is 1. The summed E-state index contributed by atoms with van der Waals surface area (Å²) in [6, 6.07) is 9.12. The summed E-state index contributed by atoms with van der Waals surface area (Å²) in [4.78, 5) is 12.3. The highest BCUT2D eigenvalue weighted by Gasteiger charge is 2.15. The zero-order chi connectivity index (χ0) is 14.1. The van der Waals surface area contributed by atoms with Gasteiger partial charge < -0.3 is 9.15 Å². The molecule has 1 N–H and O–H groups in total. The van der Waals surface area contributed by atoms with Crippen molar-refractivity contribution in [2.45, 2.75) is 6.54 Å². The lowest BCUT2D eigenvalue weighted by molar-refractivity contribution is 0.0940. The number of aromatic nitrogens is 2. The quantitative estimate of drug-likeness (QED) is 0.745. The summed E-state index contributed by atoms with van der Waals surface area (Å²) in [5.74, 6) is 0.0396. The monoisotopic (exact) mass is 289 g/mol. The lowest BCUT2D eigenvalue weighted by atomic mass is 10.2. The van der Waals surface area contributed by atoms with Gasteiger partial charge in [0.1, 0.15) is 12.1 Å². The average molecular weight is 289 g/mol. The van der Waals surface area contributed by atoms with E-state index in [1.54, 1.807) is 12.1 Å². The molecule has 0 bridgehead atoms. The molecule has 0 saturated carbocycles. The Morgan fingerprint density at radius 1 is 1.50 bits per heavy atom. The molecule has 102 valence electrons. The third-order valence-electron chi connectivity index (χ3n) is 2.79. The van der Waals surface area contributed by atoms with Gasteiger partial charge in [-0.2, -0.15) is 0 Å². The summed E-state index contributed by atoms with van der Waals surface area (Å²) in [6.45, 7) is -0.0431. The van der Waals surface area contributed by atoms with Crippen molar-refractivity contribution in [3.05, 3.63) is 40.9 Å². The van der Waals surface area contributed by atoms with Crippen LogP contribution in [-0.2, 0) is 6.54 Å². The van der Waals surface area contributed by atoms with Crippen molar-refractivity contribution in [1.29, 1.82) is 5.41 Å². The number of nitrogens with zero attached hydrogens (tertiary/aromatic N) is 2. The summed E-state index contributed by atoms with van der Waals surface area (Å²) < 4.78 is 11.7. The zero-order valence-corrected chi connectivity index (χ0v) is 11.4. The van der Waals surface area contributed by atoms with Crippen LogP contribution in [0.25, 0.3) is 11.0 Å². The first-order chi connectivity index (χ1) is 9.67. The molecule has 0 atom stereocenters. The van der Waals surface area contributed by atoms with E-state index < -0.39 is 0 Å². The number of ketones is 1. The predicted octanol–water partition coefficient (Wildman–Crippen LogP) is 2.06. The largest absolute Gasteiger partial charge is 0.472 e. The molecular formula is C13H11N3O3S. The van der Waals surface area contributed by atoms with Crippen molar-refractivity contribution in [1.82, 2.24) is 9.78 Å². The minimum Gasteiger partial charge on any atom is -0.472 e. The minimum atomic E-state index is -0.229. The Morgan fingerprint density at radius 2 is 2.30 bits per heavy atom. The van der Waals surface area contributed by atoms with E-state index in [0.717, 1.165) is 16.7 Å². The Labute approximate surface area is 117 Å². The van der Waals surface area contributed by atoms with Gasteiger partial charge in [0.05, 0.1) is 7.11 Å². The van der Waals surface area contributed by atoms with Crippen LogP contribution in [-0.4, -0.2) is 22.7 Å². The number of carbonyl (C=O) groups excluding carboxylic acids is 1. The lowest BCUT2D eigenvalue weighted by Crippen LogP contribution is -2.20. The van der Waals surface area contributed by atoms with Gasteiger partial charge in [-0.25, -0.2) is 4.68 Å². The normalized spacial score (nSPS) is 10.8. The molecule has 0 saturated heterocycles. The van der Waals surface area contributed by atoms with Crippen molar-refractivity contribution in [3.63, 3.8) is 0 Å². The number of Topliss-reactive ketones (excluding diaryl/α,β-unsaturated/α-hetero) is 1. The van der Waals surface area contributed by atoms with E-state index in [0.29, 0.717) is 10.8 Å². The highest BCUT2D eigenvalue weighted by Crippen LogP contribution is 2.19. The summed E-state index contributed by atoms with van der Waals surface area (Å²) in [7, 11) is 1.48. The smallest absolute Gasteiger partial charge is 0.293 e. The second-order valence-electron chi connectivity index (χ2n) is 4.11. The number of fused-ring (bicyclic) bond motifs is 1. The summed E-state index contributed by atoms with van der Waals surface area (Å²) in [6.07, 6.45) is 0. The molecule has 1 aromatic carbocycles. The van der Waals surface area contributed by atoms with Crippen LogP contribution in [0.4, 0.5) is 0 Å². The maximum Gasteiger partial charge on any atom is 0.293 e. The van der Waals surface area contributed by atoms with Crippen LogP contribution in [0.2, 0.25) is 0 Å². The molecule has 2 heterocycles. The molecule has 0 aliphatic rings. The standard InChI is InChI=1S/C13H11N3O3S/c1-18-13-15-16(12(14)20-13)7-9(17)11-6-8-4-2-3-5-10(8)19-11/h2-6,14H,7H2,1H3. The van der Waals surface area contributed by atoms with Crippen LogP contribution in [0.3, 0.4) is 0 Å². The number of furan rings is 1. The third-order valence-corrected chi connectivity index (χ3v) is 3.62. The average Bonchev–Trinajstić information content (AvgIpc) is 3.02. The van der Waals surface area contributed by atoms with E-state index in [2.05, 4.69) is 5.10 Å². The van der Waals surface area contributed by atoms with Crippen LogP contribution in [0, 0.1) is 5.41 Å². The zero-order valence-electron chi connectivity index (χ0n) is 10.6. The van der Waals surface area contributed by atoms with Gasteiger partial charge in [-0.1, -0.05) is 18.2 Å². The fourth-order valence-corrected chi connectivity index (χ4v) is 2.42. The second-order valence-corrected chi connectivity index (χ2v) is 5.05. The first-order valence-electron chi connectivity index (χ1n) is 5.85. The second kappa shape index (κ2) is 4.93. The van der Waals surface area contributed by atoms with Crippen LogP contribution in [0.1, 0.15) is 10.6 Å². The molecule has 3 rings (SSSR count). The van der Waals surface area contributed by atoms with Crippen LogP contribution in [0.15, 0.2) is 34.7 Å². The van der Waals surface area contributed by atoms with E-state index in [-0.39, 0.29) is 22.9 Å². The Kier molecular flexibility index (Phi) is 3.11. The SMILES string of the molecule is COc1nn(CC(=O)c2cc3ccccc3o2)c(=N)s1. The molecular weight excluding hydrogens is 278 g/mol. The molecule has 0 amide bonds. The fraction of sp³-hybridized carbons (Fsp3) is 0.154. The highest BCUT2D eigenvalue weighted by molar-refractivity contribution is 7.10. The number of benzene rings is 1. The molecule has 0 aliphatic carbocycles. The van der Waals surface area contributed by atoms with Gasteiger partial charge >= 0.3 is 0 Å². The Bertz CT molecular complexity index is 798. The summed E-state index contributed by atoms with van der Waals surface area (Å²) in [5, 5.41) is 13.0. The van der Waals surface area contributed by atoms with E-state index >= 15 is 0 Å². The maximum atomic E-state index is 12.2. The minimum absolute atomic E-state index is 0.0431. The summed E-state index contributed by atoms with van der Waals surface area (Å²) >= 11 is 1.07. The van der Waals surface area contributed by atoms with Crippen molar-refractivity contribution in [3.8, 4) is 5.19 Å². The summed E-state index contributed by atoms with van der Waals surface area (Å²) in [5.41, 5.74) is 0.669. The maximum absolute atomic E-state index is 12.2. The first-order valence-corrected chi connectivity index (χ1v) is 6.67. The van der Waals surface area contributed by atoms with Crippen molar-refractivity contribution in [2.24, 2.45) is 0 Å². The van der Waals surface area contributed by atoms with Gasteiger partial charge in [0.25, 0.3) is 5.19 Å². The van der Waals surface area contributed by atoms with Gasteiger partial charge in [0.2, 0.25) is 10.6 Å². The third kappa shape index (κ3) is 2.23. The van der Waals surface area contributed by atoms with Crippen molar-refractivity contribution >= 4 is 28.1 Å². The number of hydrogen-bond acceptors (Lipinski definition) is 6. The van der Waals surface area contributed by atoms with Gasteiger partial charge in [-0.3, -0.25) is 10.2 Å². The molecule has 20 heavy (non-hydrogen) atoms. The molecule has 0 unspecified atom stereocenters. The number of carbonyl (C=O) groups is 1. The van der Waals surface area contributed by atoms with Crippen molar-refractivity contribution < 1.29 is 13.9 Å². The number of hydrogen-bond donors (Lipinski definition) is 1. The van der Waals surface area contributed by atoms with E-state index in [4.69, 9.17) is 14.6 Å². The number of ether oxygens (including phenoxy) is 1. The Balaban J connectivity index is 1.88. The molecule has 2 aromatic heterocycles. The molecule has 0 fully saturated rings. The number of rotatable bonds is 4. The molecule has 0 radical (unpaired) electrons. The lowest BCUT2D eigenvalue weighted by Gasteiger charge is -1.97. The van der Waals surface area contributed by atoms with Gasteiger partial charge in [0, 0.05) is 5.39 Å². The van der Waals surface area contributed by atoms with Crippen LogP contribution in [0.5, 0.6) is 5.19 Å². The Morgan fingerprint density at radius 3 is 3.00 bits per heavy atom. The predicted molar refractivity (Wildman–Crippen MR) is 73.1 cm³/mol. The van der Waals surface area contributed by atoms with E-state index in [9.17, 15) is 4.79 Å². The molecule has 6 nitrogen and oxygen atoms in total. The molecule has 3 aromatic rings. The highest BCUT2D eigenvalue weighted by atomic mass is 32.1. The van der Waals surface area contributed by atoms with E-state index in [1.807, 2.05) is 18.2 Å². The van der Waals surface area contributed by atoms with Crippen LogP contribution >= 0.6 is 11.3 Å². The molecule has 0 spiro atoms. The Hall–Kier alpha value is -2.41. The van der Waals surface area contributed by atoms with Crippen molar-refractivity contribution in [2.75, 3.05) is 7.11 Å². The molecule has 0 aliphatic heterocycles. The van der Waals surface area contributed by atoms with Crippen LogP contribution < -0.4 is 9.54 Å². The molecule has 7 heteroatoms.